The van der Waals surface area contributed by atoms with Gasteiger partial charge in [0.25, 0.3) is 0 Å². The van der Waals surface area contributed by atoms with Gasteiger partial charge in [0, 0.05) is 38.8 Å². The lowest BCUT2D eigenvalue weighted by Gasteiger charge is -2.41. The minimum Gasteiger partial charge on any atom is -0.481 e. The van der Waals surface area contributed by atoms with Crippen LogP contribution in [0.1, 0.15) is 25.3 Å². The second-order valence-corrected chi connectivity index (χ2v) is 5.84. The molecule has 1 saturated heterocycles. The number of nitrogens with one attached hydrogen (secondary N) is 1. The minimum absolute atomic E-state index is 0.0447. The molecule has 1 unspecified atom stereocenters. The smallest absolute Gasteiger partial charge is 0.317 e. The van der Waals surface area contributed by atoms with Crippen molar-refractivity contribution in [2.24, 2.45) is 0 Å². The van der Waals surface area contributed by atoms with Gasteiger partial charge in [-0.15, -0.1) is 0 Å². The van der Waals surface area contributed by atoms with Gasteiger partial charge in [-0.2, -0.15) is 0 Å². The predicted octanol–water partition coefficient (Wildman–Crippen LogP) is 1.77. The lowest BCUT2D eigenvalue weighted by atomic mass is 10.1. The van der Waals surface area contributed by atoms with E-state index in [0.717, 1.165) is 19.5 Å². The average molecular weight is 319 g/mol. The van der Waals surface area contributed by atoms with E-state index in [2.05, 4.69) is 29.3 Å². The molecule has 2 amide bonds. The van der Waals surface area contributed by atoms with E-state index in [1.807, 2.05) is 18.2 Å². The molecule has 23 heavy (non-hydrogen) atoms. The number of carboxylic acid groups (broad SMARTS) is 1. The maximum absolute atomic E-state index is 12.1. The van der Waals surface area contributed by atoms with Crippen LogP contribution in [-0.2, 0) is 11.3 Å². The number of carbonyl (C=O) groups is 2. The maximum Gasteiger partial charge on any atom is 0.317 e. The molecular formula is C17H25N3O3. The Morgan fingerprint density at radius 1 is 1.26 bits per heavy atom. The van der Waals surface area contributed by atoms with Crippen LogP contribution in [0.4, 0.5) is 4.79 Å². The third-order valence-corrected chi connectivity index (χ3v) is 4.21. The molecule has 0 radical (unpaired) electrons. The Morgan fingerprint density at radius 2 is 2.00 bits per heavy atom. The second-order valence-electron chi connectivity index (χ2n) is 5.84. The van der Waals surface area contributed by atoms with Crippen LogP contribution in [0.3, 0.4) is 0 Å². The summed E-state index contributed by atoms with van der Waals surface area (Å²) < 4.78 is 0. The fourth-order valence-electron chi connectivity index (χ4n) is 2.88. The molecule has 1 atom stereocenters. The number of carboxylic acids is 1. The third-order valence-electron chi connectivity index (χ3n) is 4.21. The quantitative estimate of drug-likeness (QED) is 0.838. The van der Waals surface area contributed by atoms with Gasteiger partial charge in [-0.25, -0.2) is 4.79 Å². The predicted molar refractivity (Wildman–Crippen MR) is 88.2 cm³/mol. The van der Waals surface area contributed by atoms with Crippen LogP contribution in [0, 0.1) is 0 Å². The molecule has 0 spiro atoms. The van der Waals surface area contributed by atoms with E-state index >= 15 is 0 Å². The highest BCUT2D eigenvalue weighted by molar-refractivity contribution is 5.75. The number of hydrogen-bond acceptors (Lipinski definition) is 3. The molecule has 6 heteroatoms. The summed E-state index contributed by atoms with van der Waals surface area (Å²) in [5.41, 5.74) is 1.28. The normalized spacial score (nSPS) is 18.7. The minimum atomic E-state index is -0.899. The fraction of sp³-hybridized carbons (Fsp3) is 0.529. The van der Waals surface area contributed by atoms with Crippen molar-refractivity contribution in [2.45, 2.75) is 32.4 Å². The van der Waals surface area contributed by atoms with Crippen LogP contribution in [0.2, 0.25) is 0 Å². The van der Waals surface area contributed by atoms with E-state index in [1.165, 1.54) is 5.56 Å². The summed E-state index contributed by atoms with van der Waals surface area (Å²) in [5, 5.41) is 11.3. The van der Waals surface area contributed by atoms with Crippen LogP contribution in [0.25, 0.3) is 0 Å². The lowest BCUT2D eigenvalue weighted by Crippen LogP contribution is -2.56. The van der Waals surface area contributed by atoms with Gasteiger partial charge in [0.05, 0.1) is 6.42 Å². The summed E-state index contributed by atoms with van der Waals surface area (Å²) in [4.78, 5) is 26.8. The zero-order valence-electron chi connectivity index (χ0n) is 13.6. The molecule has 0 bridgehead atoms. The van der Waals surface area contributed by atoms with E-state index in [9.17, 15) is 9.59 Å². The average Bonchev–Trinajstić information content (AvgIpc) is 2.55. The maximum atomic E-state index is 12.1. The van der Waals surface area contributed by atoms with Crippen LogP contribution in [0.5, 0.6) is 0 Å². The number of amides is 2. The SMILES string of the molecule is CCC1CN(C(=O)NCCC(=O)O)CCN1Cc1ccccc1. The number of piperazine rings is 1. The molecule has 1 heterocycles. The Labute approximate surface area is 137 Å². The van der Waals surface area contributed by atoms with Crippen LogP contribution < -0.4 is 5.32 Å². The van der Waals surface area contributed by atoms with Crippen molar-refractivity contribution in [2.75, 3.05) is 26.2 Å². The molecule has 1 aliphatic rings. The molecule has 1 aliphatic heterocycles. The summed E-state index contributed by atoms with van der Waals surface area (Å²) in [7, 11) is 0. The molecule has 0 saturated carbocycles. The van der Waals surface area contributed by atoms with Crippen molar-refractivity contribution in [3.8, 4) is 0 Å². The van der Waals surface area contributed by atoms with Crippen molar-refractivity contribution in [1.82, 2.24) is 15.1 Å². The highest BCUT2D eigenvalue weighted by Gasteiger charge is 2.28. The highest BCUT2D eigenvalue weighted by atomic mass is 16.4. The second kappa shape index (κ2) is 8.53. The number of nitrogens with zero attached hydrogens (tertiary/aromatic N) is 2. The topological polar surface area (TPSA) is 72.9 Å². The van der Waals surface area contributed by atoms with Crippen LogP contribution >= 0.6 is 0 Å². The van der Waals surface area contributed by atoms with Crippen molar-refractivity contribution in [3.05, 3.63) is 35.9 Å². The van der Waals surface area contributed by atoms with Crippen molar-refractivity contribution >= 4 is 12.0 Å². The van der Waals surface area contributed by atoms with Gasteiger partial charge < -0.3 is 15.3 Å². The van der Waals surface area contributed by atoms with E-state index in [1.54, 1.807) is 4.90 Å². The molecule has 2 rings (SSSR count). The van der Waals surface area contributed by atoms with Gasteiger partial charge in [-0.3, -0.25) is 9.69 Å². The number of urea groups is 1. The Morgan fingerprint density at radius 3 is 2.65 bits per heavy atom. The van der Waals surface area contributed by atoms with E-state index < -0.39 is 5.97 Å². The molecule has 6 nitrogen and oxygen atoms in total. The summed E-state index contributed by atoms with van der Waals surface area (Å²) in [6.07, 6.45) is 0.933. The first kappa shape index (κ1) is 17.3. The summed E-state index contributed by atoms with van der Waals surface area (Å²) >= 11 is 0. The zero-order valence-corrected chi connectivity index (χ0v) is 13.6. The van der Waals surface area contributed by atoms with Crippen molar-refractivity contribution in [3.63, 3.8) is 0 Å². The van der Waals surface area contributed by atoms with Crippen LogP contribution in [-0.4, -0.2) is 59.1 Å². The van der Waals surface area contributed by atoms with Gasteiger partial charge in [-0.1, -0.05) is 37.3 Å². The standard InChI is InChI=1S/C17H25N3O3/c1-2-15-13-20(17(23)18-9-8-16(21)22)11-10-19(15)12-14-6-4-3-5-7-14/h3-7,15H,2,8-13H2,1H3,(H,18,23)(H,21,22). The Bertz CT molecular complexity index is 521. The Balaban J connectivity index is 1.85. The van der Waals surface area contributed by atoms with Crippen molar-refractivity contribution in [1.29, 1.82) is 0 Å². The lowest BCUT2D eigenvalue weighted by molar-refractivity contribution is -0.136. The first-order valence-electron chi connectivity index (χ1n) is 8.12. The fourth-order valence-corrected chi connectivity index (χ4v) is 2.88. The summed E-state index contributed by atoms with van der Waals surface area (Å²) in [5.74, 6) is -0.899. The molecule has 1 aromatic rings. The van der Waals surface area contributed by atoms with E-state index in [0.29, 0.717) is 19.1 Å². The Kier molecular flexibility index (Phi) is 6.40. The molecule has 1 aromatic carbocycles. The third kappa shape index (κ3) is 5.25. The van der Waals surface area contributed by atoms with Gasteiger partial charge in [-0.05, 0) is 12.0 Å². The van der Waals surface area contributed by atoms with E-state index in [-0.39, 0.29) is 19.0 Å². The highest BCUT2D eigenvalue weighted by Crippen LogP contribution is 2.16. The monoisotopic (exact) mass is 319 g/mol. The van der Waals surface area contributed by atoms with Crippen LogP contribution in [0.15, 0.2) is 30.3 Å². The zero-order chi connectivity index (χ0) is 16.7. The number of hydrogen-bond donors (Lipinski definition) is 2. The van der Waals surface area contributed by atoms with E-state index in [4.69, 9.17) is 5.11 Å². The molecule has 126 valence electrons. The van der Waals surface area contributed by atoms with Gasteiger partial charge in [0.15, 0.2) is 0 Å². The molecular weight excluding hydrogens is 294 g/mol. The summed E-state index contributed by atoms with van der Waals surface area (Å²) in [6.45, 7) is 5.39. The number of carbonyl (C=O) groups excluding carboxylic acids is 1. The number of benzene rings is 1. The first-order chi connectivity index (χ1) is 11.1. The largest absolute Gasteiger partial charge is 0.481 e. The first-order valence-corrected chi connectivity index (χ1v) is 8.12. The summed E-state index contributed by atoms with van der Waals surface area (Å²) in [6, 6.07) is 10.5. The number of aliphatic carboxylic acids is 1. The van der Waals surface area contributed by atoms with Gasteiger partial charge >= 0.3 is 12.0 Å². The molecule has 0 aromatic heterocycles. The van der Waals surface area contributed by atoms with Gasteiger partial charge in [0.1, 0.15) is 0 Å². The number of rotatable bonds is 6. The van der Waals surface area contributed by atoms with Gasteiger partial charge in [0.2, 0.25) is 0 Å². The molecule has 2 N–H and O–H groups in total. The molecule has 0 aliphatic carbocycles. The Hall–Kier alpha value is -2.08. The van der Waals surface area contributed by atoms with Crippen molar-refractivity contribution < 1.29 is 14.7 Å². The molecule has 1 fully saturated rings.